The Morgan fingerprint density at radius 1 is 1.20 bits per heavy atom. The molecule has 0 aliphatic carbocycles. The van der Waals surface area contributed by atoms with Gasteiger partial charge in [-0.1, -0.05) is 20.1 Å². The summed E-state index contributed by atoms with van der Waals surface area (Å²) in [6, 6.07) is 2.94. The number of anilines is 4. The van der Waals surface area contributed by atoms with Crippen LogP contribution in [0.4, 0.5) is 37.3 Å². The summed E-state index contributed by atoms with van der Waals surface area (Å²) in [5.41, 5.74) is 2.55. The van der Waals surface area contributed by atoms with Gasteiger partial charge in [0.15, 0.2) is 11.6 Å². The fourth-order valence-corrected chi connectivity index (χ4v) is 3.94. The van der Waals surface area contributed by atoms with E-state index in [-0.39, 0.29) is 17.3 Å². The van der Waals surface area contributed by atoms with Gasteiger partial charge < -0.3 is 30.5 Å². The van der Waals surface area contributed by atoms with Gasteiger partial charge in [0, 0.05) is 39.0 Å². The summed E-state index contributed by atoms with van der Waals surface area (Å²) < 4.78 is 33.4. The van der Waals surface area contributed by atoms with Gasteiger partial charge >= 0.3 is 6.61 Å². The maximum absolute atomic E-state index is 13.4. The number of amides is 1. The quantitative estimate of drug-likeness (QED) is 0.153. The molecule has 0 bridgehead atoms. The Balaban J connectivity index is 2.53. The minimum Gasteiger partial charge on any atom is -0.433 e. The highest BCUT2D eigenvalue weighted by atomic mass is 19.3. The number of carbonyl (C=O) groups excluding carboxylic acids is 1. The average molecular weight is 574 g/mol. The van der Waals surface area contributed by atoms with Crippen LogP contribution in [0.2, 0.25) is 0 Å². The van der Waals surface area contributed by atoms with E-state index >= 15 is 0 Å². The number of nitrogens with zero attached hydrogens (tertiary/aromatic N) is 6. The van der Waals surface area contributed by atoms with Crippen molar-refractivity contribution in [2.45, 2.75) is 40.7 Å². The average Bonchev–Trinajstić information content (AvgIpc) is 3.25. The number of alkyl halides is 2. The molecule has 1 aromatic carbocycles. The Hall–Kier alpha value is -4.26. The number of aliphatic imine (C=N–C) groups is 2. The third-order valence-electron chi connectivity index (χ3n) is 5.82. The number of likely N-dealkylation sites (N-methyl/N-ethyl adjacent to an activating group) is 2. The summed E-state index contributed by atoms with van der Waals surface area (Å²) in [7, 11) is 5.64. The number of aromatic nitrogens is 2. The van der Waals surface area contributed by atoms with Crippen molar-refractivity contribution in [3.63, 3.8) is 0 Å². The molecule has 1 heterocycles. The maximum Gasteiger partial charge on any atom is 0.387 e. The lowest BCUT2D eigenvalue weighted by Crippen LogP contribution is -2.29. The van der Waals surface area contributed by atoms with E-state index in [1.807, 2.05) is 44.7 Å². The van der Waals surface area contributed by atoms with Crippen molar-refractivity contribution in [2.24, 2.45) is 9.98 Å². The van der Waals surface area contributed by atoms with Gasteiger partial charge in [-0.25, -0.2) is 9.67 Å². The number of benzene rings is 1. The first-order chi connectivity index (χ1) is 19.4. The standard InChI is InChI=1S/C28H41F2N9O2/c1-10-22-26(31-12-3)27(32-13-4)36-39(22)19(6)33-18(5)34-21-16-20(35-25(40)11-2)23(17-24(21)41-28(29)30)38(9)15-14-37(7)8/h11-12,16-17,28,34H,2,5,10,13-15H2,1,3-4,6-9H3,(H,32,36)(H,35,40). The second kappa shape index (κ2) is 15.5. The van der Waals surface area contributed by atoms with E-state index in [1.165, 1.54) is 12.1 Å². The number of hydrogen-bond donors (Lipinski definition) is 3. The summed E-state index contributed by atoms with van der Waals surface area (Å²) in [4.78, 5) is 25.0. The lowest BCUT2D eigenvalue weighted by atomic mass is 10.2. The zero-order valence-corrected chi connectivity index (χ0v) is 24.9. The van der Waals surface area contributed by atoms with E-state index in [9.17, 15) is 13.6 Å². The number of halogens is 2. The van der Waals surface area contributed by atoms with Crippen LogP contribution in [0.1, 0.15) is 33.4 Å². The van der Waals surface area contributed by atoms with Crippen LogP contribution < -0.4 is 25.6 Å². The first kappa shape index (κ1) is 32.9. The molecular formula is C28H41F2N9O2. The Kier molecular flexibility index (Phi) is 12.5. The Morgan fingerprint density at radius 3 is 2.46 bits per heavy atom. The first-order valence-corrected chi connectivity index (χ1v) is 13.2. The third-order valence-corrected chi connectivity index (χ3v) is 5.82. The molecule has 0 aliphatic heterocycles. The topological polar surface area (TPSA) is 111 Å². The van der Waals surface area contributed by atoms with Gasteiger partial charge in [0.1, 0.15) is 17.3 Å². The Labute approximate surface area is 240 Å². The number of carbonyl (C=O) groups is 1. The molecule has 11 nitrogen and oxygen atoms in total. The molecule has 1 aromatic heterocycles. The molecule has 0 atom stereocenters. The summed E-state index contributed by atoms with van der Waals surface area (Å²) in [6.07, 6.45) is 3.46. The lowest BCUT2D eigenvalue weighted by Gasteiger charge is -2.26. The number of hydrogen-bond acceptors (Lipinski definition) is 9. The highest BCUT2D eigenvalue weighted by molar-refractivity contribution is 6.02. The van der Waals surface area contributed by atoms with Crippen molar-refractivity contribution in [1.29, 1.82) is 0 Å². The van der Waals surface area contributed by atoms with Gasteiger partial charge in [0.25, 0.3) is 0 Å². The van der Waals surface area contributed by atoms with Crippen LogP contribution >= 0.6 is 0 Å². The van der Waals surface area contributed by atoms with Crippen LogP contribution in [-0.2, 0) is 11.2 Å². The number of ether oxygens (including phenoxy) is 1. The monoisotopic (exact) mass is 573 g/mol. The SMILES string of the molecule is C=CC(=O)Nc1cc(NC(=C)N=C(C)n2nc(NCC)c(N=CC)c2CC)c(OC(F)F)cc1N(C)CCN(C)C. The van der Waals surface area contributed by atoms with E-state index in [2.05, 4.69) is 44.2 Å². The fourth-order valence-electron chi connectivity index (χ4n) is 3.94. The van der Waals surface area contributed by atoms with Crippen LogP contribution in [0.5, 0.6) is 5.75 Å². The zero-order valence-electron chi connectivity index (χ0n) is 24.9. The van der Waals surface area contributed by atoms with Crippen molar-refractivity contribution in [3.05, 3.63) is 42.9 Å². The van der Waals surface area contributed by atoms with Gasteiger partial charge in [0.2, 0.25) is 5.91 Å². The molecule has 0 spiro atoms. The first-order valence-electron chi connectivity index (χ1n) is 13.2. The fraction of sp³-hybridized carbons (Fsp3) is 0.429. The lowest BCUT2D eigenvalue weighted by molar-refractivity contribution is -0.111. The van der Waals surface area contributed by atoms with Gasteiger partial charge in [-0.2, -0.15) is 8.78 Å². The van der Waals surface area contributed by atoms with Crippen molar-refractivity contribution in [1.82, 2.24) is 14.7 Å². The van der Waals surface area contributed by atoms with E-state index < -0.39 is 12.5 Å². The molecule has 0 aliphatic rings. The summed E-state index contributed by atoms with van der Waals surface area (Å²) in [6.45, 7) is 13.8. The molecule has 0 saturated carbocycles. The minimum absolute atomic E-state index is 0.136. The molecule has 0 radical (unpaired) electrons. The molecular weight excluding hydrogens is 532 g/mol. The van der Waals surface area contributed by atoms with E-state index in [4.69, 9.17) is 4.74 Å². The number of nitrogens with one attached hydrogen (secondary N) is 3. The molecule has 13 heteroatoms. The molecule has 0 fully saturated rings. The molecule has 41 heavy (non-hydrogen) atoms. The third kappa shape index (κ3) is 9.13. The predicted octanol–water partition coefficient (Wildman–Crippen LogP) is 5.17. The van der Waals surface area contributed by atoms with Crippen molar-refractivity contribution < 1.29 is 18.3 Å². The minimum atomic E-state index is -3.08. The Morgan fingerprint density at radius 2 is 1.90 bits per heavy atom. The van der Waals surface area contributed by atoms with Gasteiger partial charge in [-0.3, -0.25) is 9.79 Å². The molecule has 0 saturated heterocycles. The van der Waals surface area contributed by atoms with Crippen LogP contribution in [-0.4, -0.2) is 80.0 Å². The molecule has 0 unspecified atom stereocenters. The van der Waals surface area contributed by atoms with Crippen LogP contribution in [0.25, 0.3) is 0 Å². The van der Waals surface area contributed by atoms with Gasteiger partial charge in [0.05, 0.1) is 22.8 Å². The zero-order chi connectivity index (χ0) is 30.7. The highest BCUT2D eigenvalue weighted by Gasteiger charge is 2.20. The van der Waals surface area contributed by atoms with Crippen LogP contribution in [0, 0.1) is 0 Å². The maximum atomic E-state index is 13.4. The van der Waals surface area contributed by atoms with E-state index in [1.54, 1.807) is 24.9 Å². The van der Waals surface area contributed by atoms with E-state index in [0.717, 1.165) is 11.8 Å². The predicted molar refractivity (Wildman–Crippen MR) is 165 cm³/mol. The molecule has 2 rings (SSSR count). The summed E-state index contributed by atoms with van der Waals surface area (Å²) in [5, 5.41) is 13.5. The van der Waals surface area contributed by atoms with Crippen molar-refractivity contribution in [2.75, 3.05) is 61.6 Å². The van der Waals surface area contributed by atoms with Crippen LogP contribution in [0.3, 0.4) is 0 Å². The molecule has 3 N–H and O–H groups in total. The second-order valence-corrected chi connectivity index (χ2v) is 9.22. The normalized spacial score (nSPS) is 11.7. The second-order valence-electron chi connectivity index (χ2n) is 9.22. The van der Waals surface area contributed by atoms with Crippen molar-refractivity contribution in [3.8, 4) is 5.75 Å². The molecule has 2 aromatic rings. The molecule has 1 amide bonds. The highest BCUT2D eigenvalue weighted by Crippen LogP contribution is 2.38. The smallest absolute Gasteiger partial charge is 0.387 e. The van der Waals surface area contributed by atoms with Gasteiger partial charge in [-0.05, 0) is 53.4 Å². The van der Waals surface area contributed by atoms with Crippen LogP contribution in [0.15, 0.2) is 47.2 Å². The summed E-state index contributed by atoms with van der Waals surface area (Å²) >= 11 is 0. The van der Waals surface area contributed by atoms with Crippen molar-refractivity contribution >= 4 is 46.5 Å². The largest absolute Gasteiger partial charge is 0.433 e. The molecule has 224 valence electrons. The van der Waals surface area contributed by atoms with E-state index in [0.29, 0.717) is 54.8 Å². The number of rotatable bonds is 15. The Bertz CT molecular complexity index is 1290. The van der Waals surface area contributed by atoms with Gasteiger partial charge in [-0.15, -0.1) is 5.10 Å². The summed E-state index contributed by atoms with van der Waals surface area (Å²) in [5.74, 6) is 0.646.